The van der Waals surface area contributed by atoms with E-state index in [9.17, 15) is 4.79 Å². The molecule has 1 saturated heterocycles. The van der Waals surface area contributed by atoms with Crippen LogP contribution in [0, 0.1) is 6.92 Å². The number of fused-ring (bicyclic) bond motifs is 1. The van der Waals surface area contributed by atoms with Crippen LogP contribution in [-0.4, -0.2) is 72.1 Å². The summed E-state index contributed by atoms with van der Waals surface area (Å²) in [5.74, 6) is 0.631. The number of nitrogens with zero attached hydrogens (tertiary/aromatic N) is 5. The van der Waals surface area contributed by atoms with E-state index in [1.807, 2.05) is 26.0 Å². The van der Waals surface area contributed by atoms with Crippen molar-refractivity contribution in [3.05, 3.63) is 35.7 Å². The summed E-state index contributed by atoms with van der Waals surface area (Å²) in [6.07, 6.45) is 1.68. The van der Waals surface area contributed by atoms with Crippen LogP contribution in [0.1, 0.15) is 35.9 Å². The summed E-state index contributed by atoms with van der Waals surface area (Å²) in [5.41, 5.74) is 2.48. The van der Waals surface area contributed by atoms with Crippen molar-refractivity contribution in [2.75, 3.05) is 51.4 Å². The Labute approximate surface area is 186 Å². The monoisotopic (exact) mass is 443 g/mol. The molecule has 0 N–H and O–H groups in total. The number of thiazole rings is 1. The summed E-state index contributed by atoms with van der Waals surface area (Å²) < 4.78 is 13.8. The second-order valence-corrected chi connectivity index (χ2v) is 8.90. The summed E-state index contributed by atoms with van der Waals surface area (Å²) >= 11 is 1.53. The molecule has 1 amide bonds. The predicted molar refractivity (Wildman–Crippen MR) is 122 cm³/mol. The SMILES string of the molecule is COc1ccc(C)c2sc(N(CCN3CCOCC3)C(=O)c3ccnn3C(C)C)nc12. The summed E-state index contributed by atoms with van der Waals surface area (Å²) in [7, 11) is 1.64. The van der Waals surface area contributed by atoms with E-state index < -0.39 is 0 Å². The maximum absolute atomic E-state index is 13.7. The zero-order valence-corrected chi connectivity index (χ0v) is 19.3. The number of hydrogen-bond acceptors (Lipinski definition) is 7. The molecule has 9 heteroatoms. The van der Waals surface area contributed by atoms with E-state index >= 15 is 0 Å². The zero-order chi connectivity index (χ0) is 22.0. The Morgan fingerprint density at radius 3 is 2.77 bits per heavy atom. The van der Waals surface area contributed by atoms with Crippen molar-refractivity contribution < 1.29 is 14.3 Å². The molecule has 0 radical (unpaired) electrons. The van der Waals surface area contributed by atoms with E-state index in [-0.39, 0.29) is 11.9 Å². The third-order valence-electron chi connectivity index (χ3n) is 5.51. The van der Waals surface area contributed by atoms with Crippen LogP contribution in [0.25, 0.3) is 10.2 Å². The predicted octanol–water partition coefficient (Wildman–Crippen LogP) is 3.37. The highest BCUT2D eigenvalue weighted by Crippen LogP contribution is 2.36. The largest absolute Gasteiger partial charge is 0.494 e. The average Bonchev–Trinajstić information content (AvgIpc) is 3.43. The highest BCUT2D eigenvalue weighted by atomic mass is 32.1. The summed E-state index contributed by atoms with van der Waals surface area (Å²) in [6.45, 7) is 10.6. The molecule has 1 fully saturated rings. The van der Waals surface area contributed by atoms with Gasteiger partial charge in [-0.2, -0.15) is 5.10 Å². The van der Waals surface area contributed by atoms with Gasteiger partial charge in [-0.05, 0) is 38.5 Å². The van der Waals surface area contributed by atoms with Crippen LogP contribution in [0.5, 0.6) is 5.75 Å². The normalized spacial score (nSPS) is 15.0. The molecule has 2 aromatic heterocycles. The lowest BCUT2D eigenvalue weighted by atomic mass is 10.2. The number of methoxy groups -OCH3 is 1. The molecule has 1 aliphatic heterocycles. The van der Waals surface area contributed by atoms with Gasteiger partial charge in [0.2, 0.25) is 0 Å². The topological polar surface area (TPSA) is 72.7 Å². The molecule has 0 atom stereocenters. The third-order valence-corrected chi connectivity index (χ3v) is 6.72. The molecule has 31 heavy (non-hydrogen) atoms. The van der Waals surface area contributed by atoms with Gasteiger partial charge in [0.05, 0.1) is 25.0 Å². The highest BCUT2D eigenvalue weighted by molar-refractivity contribution is 7.22. The minimum atomic E-state index is -0.0878. The van der Waals surface area contributed by atoms with Crippen molar-refractivity contribution in [2.24, 2.45) is 0 Å². The van der Waals surface area contributed by atoms with Crippen LogP contribution in [0.2, 0.25) is 0 Å². The van der Waals surface area contributed by atoms with Gasteiger partial charge < -0.3 is 9.47 Å². The van der Waals surface area contributed by atoms with Crippen LogP contribution >= 0.6 is 11.3 Å². The molecule has 0 spiro atoms. The third kappa shape index (κ3) is 4.44. The quantitative estimate of drug-likeness (QED) is 0.558. The summed E-state index contributed by atoms with van der Waals surface area (Å²) in [5, 5.41) is 5.03. The van der Waals surface area contributed by atoms with Crippen LogP contribution in [0.15, 0.2) is 24.4 Å². The van der Waals surface area contributed by atoms with Crippen LogP contribution in [-0.2, 0) is 4.74 Å². The maximum atomic E-state index is 13.7. The molecule has 4 rings (SSSR count). The molecule has 0 saturated carbocycles. The molecule has 8 nitrogen and oxygen atoms in total. The van der Waals surface area contributed by atoms with Crippen molar-refractivity contribution in [3.63, 3.8) is 0 Å². The van der Waals surface area contributed by atoms with Crippen molar-refractivity contribution >= 4 is 32.6 Å². The van der Waals surface area contributed by atoms with Crippen molar-refractivity contribution in [1.29, 1.82) is 0 Å². The van der Waals surface area contributed by atoms with Crippen LogP contribution < -0.4 is 9.64 Å². The fourth-order valence-electron chi connectivity index (χ4n) is 3.76. The van der Waals surface area contributed by atoms with Crippen molar-refractivity contribution in [2.45, 2.75) is 26.8 Å². The van der Waals surface area contributed by atoms with Crippen LogP contribution in [0.4, 0.5) is 5.13 Å². The molecule has 3 heterocycles. The van der Waals surface area contributed by atoms with Gasteiger partial charge in [-0.1, -0.05) is 17.4 Å². The molecule has 166 valence electrons. The zero-order valence-electron chi connectivity index (χ0n) is 18.5. The number of rotatable bonds is 7. The molecule has 1 aromatic carbocycles. The lowest BCUT2D eigenvalue weighted by molar-refractivity contribution is 0.0391. The number of anilines is 1. The van der Waals surface area contributed by atoms with E-state index in [1.165, 1.54) is 11.3 Å². The lowest BCUT2D eigenvalue weighted by Gasteiger charge is -2.29. The maximum Gasteiger partial charge on any atom is 0.278 e. The van der Waals surface area contributed by atoms with Gasteiger partial charge in [0.25, 0.3) is 5.91 Å². The smallest absolute Gasteiger partial charge is 0.278 e. The van der Waals surface area contributed by atoms with Gasteiger partial charge in [0.1, 0.15) is 17.0 Å². The Balaban J connectivity index is 1.71. The number of carbonyl (C=O) groups excluding carboxylic acids is 1. The van der Waals surface area contributed by atoms with Crippen molar-refractivity contribution in [1.82, 2.24) is 19.7 Å². The number of ether oxygens (including phenoxy) is 2. The first-order chi connectivity index (χ1) is 15.0. The van der Waals surface area contributed by atoms with Gasteiger partial charge in [0.15, 0.2) is 5.13 Å². The number of amides is 1. The Morgan fingerprint density at radius 1 is 1.29 bits per heavy atom. The van der Waals surface area contributed by atoms with E-state index in [1.54, 1.807) is 29.0 Å². The Bertz CT molecular complexity index is 1050. The van der Waals surface area contributed by atoms with Gasteiger partial charge >= 0.3 is 0 Å². The molecular formula is C22H29N5O3S. The number of aromatic nitrogens is 3. The molecule has 0 unspecified atom stereocenters. The molecule has 0 bridgehead atoms. The first-order valence-corrected chi connectivity index (χ1v) is 11.4. The second kappa shape index (κ2) is 9.33. The minimum absolute atomic E-state index is 0.0878. The number of morpholine rings is 1. The van der Waals surface area contributed by atoms with E-state index in [0.29, 0.717) is 17.4 Å². The first-order valence-electron chi connectivity index (χ1n) is 10.6. The van der Waals surface area contributed by atoms with E-state index in [2.05, 4.69) is 16.9 Å². The molecule has 1 aliphatic rings. The minimum Gasteiger partial charge on any atom is -0.494 e. The Kier molecular flexibility index (Phi) is 6.54. The van der Waals surface area contributed by atoms with Gasteiger partial charge in [-0.25, -0.2) is 4.98 Å². The van der Waals surface area contributed by atoms with E-state index in [0.717, 1.165) is 54.4 Å². The average molecular weight is 444 g/mol. The van der Waals surface area contributed by atoms with Gasteiger partial charge in [-0.15, -0.1) is 0 Å². The number of hydrogen-bond donors (Lipinski definition) is 0. The molecule has 0 aliphatic carbocycles. The van der Waals surface area contributed by atoms with Gasteiger partial charge in [-0.3, -0.25) is 19.3 Å². The van der Waals surface area contributed by atoms with Crippen molar-refractivity contribution in [3.8, 4) is 5.75 Å². The summed E-state index contributed by atoms with van der Waals surface area (Å²) in [4.78, 5) is 22.6. The Hall–Kier alpha value is -2.49. The molecule has 3 aromatic rings. The number of carbonyl (C=O) groups is 1. The highest BCUT2D eigenvalue weighted by Gasteiger charge is 2.26. The standard InChI is InChI=1S/C22H29N5O3S/c1-15(2)27-17(7-8-23-27)21(28)26(10-9-25-11-13-30-14-12-25)22-24-19-18(29-4)6-5-16(3)20(19)31-22/h5-8,15H,9-14H2,1-4H3. The second-order valence-electron chi connectivity index (χ2n) is 7.92. The summed E-state index contributed by atoms with van der Waals surface area (Å²) in [6, 6.07) is 5.82. The van der Waals surface area contributed by atoms with Gasteiger partial charge in [0, 0.05) is 38.4 Å². The number of aryl methyl sites for hydroxylation is 1. The van der Waals surface area contributed by atoms with Crippen LogP contribution in [0.3, 0.4) is 0 Å². The molecular weight excluding hydrogens is 414 g/mol. The fraction of sp³-hybridized carbons (Fsp3) is 0.500. The fourth-order valence-corrected chi connectivity index (χ4v) is 4.84. The van der Waals surface area contributed by atoms with E-state index in [4.69, 9.17) is 14.5 Å². The number of benzene rings is 1. The Morgan fingerprint density at radius 2 is 2.06 bits per heavy atom. The first kappa shape index (κ1) is 21.7. The lowest BCUT2D eigenvalue weighted by Crippen LogP contribution is -2.43.